The second-order valence-corrected chi connectivity index (χ2v) is 3.40. The summed E-state index contributed by atoms with van der Waals surface area (Å²) in [6.45, 7) is 0. The van der Waals surface area contributed by atoms with Crippen LogP contribution in [0.15, 0.2) is 6.20 Å². The molecule has 0 N–H and O–H groups in total. The van der Waals surface area contributed by atoms with Gasteiger partial charge in [0.1, 0.15) is 0 Å². The second-order valence-electron chi connectivity index (χ2n) is 3.04. The van der Waals surface area contributed by atoms with Gasteiger partial charge in [-0.3, -0.25) is 4.79 Å². The molecule has 13 heavy (non-hydrogen) atoms. The predicted octanol–water partition coefficient (Wildman–Crippen LogP) is 2.39. The van der Waals surface area contributed by atoms with E-state index in [0.29, 0.717) is 18.4 Å². The molecule has 0 amide bonds. The van der Waals surface area contributed by atoms with Crippen LogP contribution in [0.3, 0.4) is 0 Å². The number of carbonyl (C=O) groups is 1. The van der Waals surface area contributed by atoms with E-state index in [-0.39, 0.29) is 16.5 Å². The summed E-state index contributed by atoms with van der Waals surface area (Å²) in [5.41, 5.74) is 0.824. The molecule has 0 fully saturated rings. The van der Waals surface area contributed by atoms with Crippen LogP contribution in [0.5, 0.6) is 0 Å². The summed E-state index contributed by atoms with van der Waals surface area (Å²) >= 11 is 5.47. The number of halogens is 2. The van der Waals surface area contributed by atoms with E-state index in [9.17, 15) is 9.18 Å². The van der Waals surface area contributed by atoms with E-state index < -0.39 is 5.82 Å². The molecule has 0 spiro atoms. The molecule has 0 atom stereocenters. The Morgan fingerprint density at radius 3 is 3.00 bits per heavy atom. The van der Waals surface area contributed by atoms with E-state index >= 15 is 0 Å². The maximum Gasteiger partial charge on any atom is 0.171 e. The lowest BCUT2D eigenvalue weighted by Gasteiger charge is -2.14. The number of ketones is 1. The zero-order chi connectivity index (χ0) is 9.42. The Morgan fingerprint density at radius 1 is 1.46 bits per heavy atom. The van der Waals surface area contributed by atoms with Gasteiger partial charge in [0.2, 0.25) is 0 Å². The maximum atomic E-state index is 13.3. The van der Waals surface area contributed by atoms with E-state index in [0.717, 1.165) is 6.42 Å². The fraction of sp³-hybridized carbons (Fsp3) is 0.333. The van der Waals surface area contributed by atoms with Crippen LogP contribution in [-0.2, 0) is 6.42 Å². The van der Waals surface area contributed by atoms with E-state index in [4.69, 9.17) is 11.6 Å². The average molecular weight is 200 g/mol. The molecule has 0 aliphatic heterocycles. The SMILES string of the molecule is O=C1CCCc2cnc(Cl)c(F)c21. The normalized spacial score (nSPS) is 15.7. The Morgan fingerprint density at radius 2 is 2.23 bits per heavy atom. The number of fused-ring (bicyclic) bond motifs is 1. The summed E-state index contributed by atoms with van der Waals surface area (Å²) < 4.78 is 13.3. The van der Waals surface area contributed by atoms with Crippen molar-refractivity contribution < 1.29 is 9.18 Å². The summed E-state index contributed by atoms with van der Waals surface area (Å²) in [5.74, 6) is -0.827. The largest absolute Gasteiger partial charge is 0.294 e. The molecule has 68 valence electrons. The molecule has 0 saturated heterocycles. The van der Waals surface area contributed by atoms with Crippen molar-refractivity contribution in [1.29, 1.82) is 0 Å². The first-order chi connectivity index (χ1) is 6.20. The first-order valence-electron chi connectivity index (χ1n) is 4.06. The summed E-state index contributed by atoms with van der Waals surface area (Å²) in [7, 11) is 0. The smallest absolute Gasteiger partial charge is 0.171 e. The minimum atomic E-state index is -0.663. The lowest BCUT2D eigenvalue weighted by molar-refractivity contribution is 0.0968. The molecule has 1 aliphatic rings. The fourth-order valence-corrected chi connectivity index (χ4v) is 1.70. The van der Waals surface area contributed by atoms with Crippen molar-refractivity contribution in [1.82, 2.24) is 4.98 Å². The number of aromatic nitrogens is 1. The van der Waals surface area contributed by atoms with Gasteiger partial charge in [-0.15, -0.1) is 0 Å². The number of hydrogen-bond acceptors (Lipinski definition) is 2. The summed E-state index contributed by atoms with van der Waals surface area (Å²) in [5, 5.41) is -0.214. The Hall–Kier alpha value is -0.960. The highest BCUT2D eigenvalue weighted by Gasteiger charge is 2.23. The Balaban J connectivity index is 2.65. The van der Waals surface area contributed by atoms with Gasteiger partial charge in [0.25, 0.3) is 0 Å². The number of aryl methyl sites for hydroxylation is 1. The third-order valence-corrected chi connectivity index (χ3v) is 2.45. The molecule has 1 aromatic rings. The number of Topliss-reactive ketones (excluding diaryl/α,β-unsaturated/α-hetero) is 1. The van der Waals surface area contributed by atoms with Crippen molar-refractivity contribution in [2.45, 2.75) is 19.3 Å². The van der Waals surface area contributed by atoms with Crippen molar-refractivity contribution >= 4 is 17.4 Å². The first kappa shape index (κ1) is 8.63. The van der Waals surface area contributed by atoms with Gasteiger partial charge in [-0.25, -0.2) is 9.37 Å². The Bertz CT molecular complexity index is 378. The molecular formula is C9H7ClFNO. The molecule has 0 aromatic carbocycles. The molecule has 1 heterocycles. The average Bonchev–Trinajstić information content (AvgIpc) is 2.12. The molecule has 0 unspecified atom stereocenters. The van der Waals surface area contributed by atoms with Gasteiger partial charge < -0.3 is 0 Å². The van der Waals surface area contributed by atoms with E-state index in [1.54, 1.807) is 0 Å². The standard InChI is InChI=1S/C9H7ClFNO/c10-9-8(11)7-5(4-12-9)2-1-3-6(7)13/h4H,1-3H2. The van der Waals surface area contributed by atoms with Gasteiger partial charge in [-0.2, -0.15) is 0 Å². The van der Waals surface area contributed by atoms with Gasteiger partial charge in [-0.05, 0) is 18.4 Å². The van der Waals surface area contributed by atoms with E-state index in [1.807, 2.05) is 0 Å². The Kier molecular flexibility index (Phi) is 2.04. The van der Waals surface area contributed by atoms with Gasteiger partial charge in [0.05, 0.1) is 5.56 Å². The molecule has 2 rings (SSSR count). The first-order valence-corrected chi connectivity index (χ1v) is 4.44. The number of nitrogens with zero attached hydrogens (tertiary/aromatic N) is 1. The molecule has 0 bridgehead atoms. The number of hydrogen-bond donors (Lipinski definition) is 0. The van der Waals surface area contributed by atoms with E-state index in [1.165, 1.54) is 6.20 Å². The molecule has 1 aromatic heterocycles. The van der Waals surface area contributed by atoms with Crippen molar-refractivity contribution in [2.24, 2.45) is 0 Å². The topological polar surface area (TPSA) is 30.0 Å². The zero-order valence-electron chi connectivity index (χ0n) is 6.81. The van der Waals surface area contributed by atoms with Crippen LogP contribution >= 0.6 is 11.6 Å². The molecule has 0 saturated carbocycles. The third-order valence-electron chi connectivity index (χ3n) is 2.18. The molecular weight excluding hydrogens is 193 g/mol. The predicted molar refractivity (Wildman–Crippen MR) is 46.5 cm³/mol. The number of rotatable bonds is 0. The van der Waals surface area contributed by atoms with Crippen molar-refractivity contribution in [2.75, 3.05) is 0 Å². The molecule has 0 radical (unpaired) electrons. The van der Waals surface area contributed by atoms with Crippen LogP contribution in [0, 0.1) is 5.82 Å². The lowest BCUT2D eigenvalue weighted by atomic mass is 9.92. The van der Waals surface area contributed by atoms with Crippen LogP contribution in [0.2, 0.25) is 5.15 Å². The fourth-order valence-electron chi connectivity index (χ4n) is 1.56. The van der Waals surface area contributed by atoms with Gasteiger partial charge in [0.15, 0.2) is 16.8 Å². The summed E-state index contributed by atoms with van der Waals surface area (Å²) in [4.78, 5) is 15.0. The van der Waals surface area contributed by atoms with Crippen LogP contribution in [0.4, 0.5) is 4.39 Å². The van der Waals surface area contributed by atoms with Gasteiger partial charge in [0, 0.05) is 12.6 Å². The van der Waals surface area contributed by atoms with E-state index in [2.05, 4.69) is 4.98 Å². The van der Waals surface area contributed by atoms with Crippen LogP contribution in [0.1, 0.15) is 28.8 Å². The highest BCUT2D eigenvalue weighted by Crippen LogP contribution is 2.26. The Labute approximate surface area is 79.7 Å². The minimum absolute atomic E-state index is 0.145. The quantitative estimate of drug-likeness (QED) is 0.601. The highest BCUT2D eigenvalue weighted by molar-refractivity contribution is 6.30. The van der Waals surface area contributed by atoms with Gasteiger partial charge in [-0.1, -0.05) is 11.6 Å². The zero-order valence-corrected chi connectivity index (χ0v) is 7.57. The van der Waals surface area contributed by atoms with Gasteiger partial charge >= 0.3 is 0 Å². The van der Waals surface area contributed by atoms with Crippen LogP contribution in [-0.4, -0.2) is 10.8 Å². The van der Waals surface area contributed by atoms with Crippen LogP contribution in [0.25, 0.3) is 0 Å². The molecule has 4 heteroatoms. The monoisotopic (exact) mass is 199 g/mol. The van der Waals surface area contributed by atoms with Crippen LogP contribution < -0.4 is 0 Å². The van der Waals surface area contributed by atoms with Crippen molar-refractivity contribution in [3.63, 3.8) is 0 Å². The number of pyridine rings is 1. The molecule has 2 nitrogen and oxygen atoms in total. The third kappa shape index (κ3) is 1.33. The summed E-state index contributed by atoms with van der Waals surface area (Å²) in [6, 6.07) is 0. The molecule has 1 aliphatic carbocycles. The highest BCUT2D eigenvalue weighted by atomic mass is 35.5. The minimum Gasteiger partial charge on any atom is -0.294 e. The second kappa shape index (κ2) is 3.07. The number of carbonyl (C=O) groups excluding carboxylic acids is 1. The summed E-state index contributed by atoms with van der Waals surface area (Å²) in [6.07, 6.45) is 3.37. The maximum absolute atomic E-state index is 13.3. The van der Waals surface area contributed by atoms with Crippen molar-refractivity contribution in [3.05, 3.63) is 28.3 Å². The lowest BCUT2D eigenvalue weighted by Crippen LogP contribution is -2.14. The van der Waals surface area contributed by atoms with Crippen molar-refractivity contribution in [3.8, 4) is 0 Å².